The van der Waals surface area contributed by atoms with Crippen LogP contribution < -0.4 is 14.8 Å². The van der Waals surface area contributed by atoms with Crippen LogP contribution in [0.4, 0.5) is 4.39 Å². The van der Waals surface area contributed by atoms with E-state index in [0.717, 1.165) is 12.0 Å². The van der Waals surface area contributed by atoms with Gasteiger partial charge in [-0.2, -0.15) is 17.4 Å². The lowest BCUT2D eigenvalue weighted by molar-refractivity contribution is 0.0889. The number of carbonyl (C=O) groups excluding carboxylic acids is 1. The number of piperidine rings is 1. The number of amides is 1. The van der Waals surface area contributed by atoms with Gasteiger partial charge in [0.1, 0.15) is 11.6 Å². The Balaban J connectivity index is 1.44. The van der Waals surface area contributed by atoms with E-state index < -0.39 is 10.2 Å². The van der Waals surface area contributed by atoms with Gasteiger partial charge in [-0.3, -0.25) is 4.79 Å². The third-order valence-corrected chi connectivity index (χ3v) is 8.45. The predicted octanol–water partition coefficient (Wildman–Crippen LogP) is 3.92. The van der Waals surface area contributed by atoms with Crippen LogP contribution in [0.3, 0.4) is 0 Å². The van der Waals surface area contributed by atoms with E-state index in [4.69, 9.17) is 4.74 Å². The van der Waals surface area contributed by atoms with Gasteiger partial charge >= 0.3 is 0 Å². The van der Waals surface area contributed by atoms with Crippen LogP contribution in [0.2, 0.25) is 0 Å². The minimum Gasteiger partial charge on any atom is -0.496 e. The highest BCUT2D eigenvalue weighted by Gasteiger charge is 2.38. The summed E-state index contributed by atoms with van der Waals surface area (Å²) in [7, 11) is -2.18. The summed E-state index contributed by atoms with van der Waals surface area (Å²) < 4.78 is 48.5. The van der Waals surface area contributed by atoms with E-state index in [1.54, 1.807) is 30.3 Å². The zero-order valence-corrected chi connectivity index (χ0v) is 21.6. The molecule has 0 bridgehead atoms. The molecule has 2 N–H and O–H groups in total. The van der Waals surface area contributed by atoms with Crippen molar-refractivity contribution in [2.75, 3.05) is 26.7 Å². The van der Waals surface area contributed by atoms with Gasteiger partial charge in [-0.05, 0) is 60.1 Å². The Hall–Kier alpha value is -3.27. The Morgan fingerprint density at radius 1 is 0.946 bits per heavy atom. The summed E-state index contributed by atoms with van der Waals surface area (Å²) in [6.07, 6.45) is 1.90. The molecule has 3 aromatic rings. The van der Waals surface area contributed by atoms with Crippen molar-refractivity contribution in [3.8, 4) is 5.75 Å². The van der Waals surface area contributed by atoms with Crippen molar-refractivity contribution in [3.63, 3.8) is 0 Å². The van der Waals surface area contributed by atoms with E-state index in [2.05, 4.69) is 22.2 Å². The number of halogens is 1. The van der Waals surface area contributed by atoms with Gasteiger partial charge in [-0.25, -0.2) is 4.39 Å². The molecular weight excluding hydrogens is 493 g/mol. The molecule has 1 fully saturated rings. The quantitative estimate of drug-likeness (QED) is 0.420. The molecule has 1 saturated heterocycles. The zero-order valence-electron chi connectivity index (χ0n) is 20.8. The normalized spacial score (nSPS) is 15.7. The maximum Gasteiger partial charge on any atom is 0.279 e. The molecule has 1 aliphatic heterocycles. The van der Waals surface area contributed by atoms with Crippen LogP contribution >= 0.6 is 0 Å². The Bertz CT molecular complexity index is 1290. The number of rotatable bonds is 10. The van der Waals surface area contributed by atoms with Crippen molar-refractivity contribution in [1.29, 1.82) is 0 Å². The number of ether oxygens (including phenoxy) is 1. The summed E-state index contributed by atoms with van der Waals surface area (Å²) in [5.74, 6) is -0.0821. The van der Waals surface area contributed by atoms with Crippen molar-refractivity contribution in [3.05, 3.63) is 101 Å². The van der Waals surface area contributed by atoms with Crippen molar-refractivity contribution in [2.45, 2.75) is 25.8 Å². The highest BCUT2D eigenvalue weighted by Crippen LogP contribution is 2.36. The Morgan fingerprint density at radius 2 is 1.59 bits per heavy atom. The van der Waals surface area contributed by atoms with Crippen LogP contribution in [0.1, 0.15) is 34.3 Å². The molecule has 1 heterocycles. The molecular formula is C28H32FN3O4S. The number of hydrogen-bond donors (Lipinski definition) is 2. The summed E-state index contributed by atoms with van der Waals surface area (Å²) in [5, 5.41) is 3.08. The largest absolute Gasteiger partial charge is 0.496 e. The smallest absolute Gasteiger partial charge is 0.279 e. The van der Waals surface area contributed by atoms with Gasteiger partial charge in [0.05, 0.1) is 12.7 Å². The standard InChI is InChI=1S/C28H32FN3O4S/c1-36-26-10-6-5-9-25(26)27(33)30-21-28(19-22-7-3-2-4-8-22)15-17-32(18-16-28)37(34,35)31-20-23-11-13-24(29)14-12-23/h2-14,31H,15-21H2,1H3,(H,30,33). The highest BCUT2D eigenvalue weighted by atomic mass is 32.2. The average Bonchev–Trinajstić information content (AvgIpc) is 2.92. The van der Waals surface area contributed by atoms with E-state index in [1.165, 1.54) is 23.5 Å². The first-order chi connectivity index (χ1) is 17.8. The van der Waals surface area contributed by atoms with Gasteiger partial charge in [-0.15, -0.1) is 0 Å². The number of methoxy groups -OCH3 is 1. The maximum atomic E-state index is 13.1. The van der Waals surface area contributed by atoms with Gasteiger partial charge in [0.15, 0.2) is 0 Å². The lowest BCUT2D eigenvalue weighted by atomic mass is 9.74. The molecule has 0 spiro atoms. The van der Waals surface area contributed by atoms with E-state index in [1.807, 2.05) is 24.3 Å². The second kappa shape index (κ2) is 11.9. The number of benzene rings is 3. The molecule has 0 unspecified atom stereocenters. The van der Waals surface area contributed by atoms with Crippen molar-refractivity contribution >= 4 is 16.1 Å². The molecule has 7 nitrogen and oxygen atoms in total. The molecule has 4 rings (SSSR count). The first-order valence-corrected chi connectivity index (χ1v) is 13.7. The van der Waals surface area contributed by atoms with Crippen LogP contribution in [0, 0.1) is 11.2 Å². The Morgan fingerprint density at radius 3 is 2.27 bits per heavy atom. The van der Waals surface area contributed by atoms with E-state index in [-0.39, 0.29) is 23.7 Å². The Labute approximate surface area is 217 Å². The first kappa shape index (κ1) is 26.8. The molecule has 0 aliphatic carbocycles. The molecule has 1 amide bonds. The van der Waals surface area contributed by atoms with E-state index in [0.29, 0.717) is 49.4 Å². The van der Waals surface area contributed by atoms with Crippen molar-refractivity contribution < 1.29 is 22.3 Å². The molecule has 1 aliphatic rings. The summed E-state index contributed by atoms with van der Waals surface area (Å²) in [6.45, 7) is 1.16. The van der Waals surface area contributed by atoms with Crippen LogP contribution in [0.15, 0.2) is 78.9 Å². The third-order valence-electron chi connectivity index (χ3n) is 6.89. The Kier molecular flexibility index (Phi) is 8.58. The fraction of sp³-hybridized carbons (Fsp3) is 0.321. The third kappa shape index (κ3) is 6.94. The lowest BCUT2D eigenvalue weighted by Crippen LogP contribution is -2.51. The number of nitrogens with one attached hydrogen (secondary N) is 2. The first-order valence-electron chi connectivity index (χ1n) is 12.2. The number of nitrogens with zero attached hydrogens (tertiary/aromatic N) is 1. The second-order valence-corrected chi connectivity index (χ2v) is 11.2. The van der Waals surface area contributed by atoms with Gasteiger partial charge in [0.25, 0.3) is 16.1 Å². The molecule has 0 aromatic heterocycles. The number of carbonyl (C=O) groups is 1. The minimum atomic E-state index is -3.71. The van der Waals surface area contributed by atoms with Crippen molar-refractivity contribution in [1.82, 2.24) is 14.3 Å². The summed E-state index contributed by atoms with van der Waals surface area (Å²) in [5.41, 5.74) is 1.98. The molecule has 9 heteroatoms. The zero-order chi connectivity index (χ0) is 26.3. The van der Waals surface area contributed by atoms with E-state index >= 15 is 0 Å². The lowest BCUT2D eigenvalue weighted by Gasteiger charge is -2.41. The molecule has 37 heavy (non-hydrogen) atoms. The fourth-order valence-electron chi connectivity index (χ4n) is 4.71. The molecule has 0 saturated carbocycles. The second-order valence-electron chi connectivity index (χ2n) is 9.40. The monoisotopic (exact) mass is 525 g/mol. The summed E-state index contributed by atoms with van der Waals surface area (Å²) in [6, 6.07) is 22.8. The van der Waals surface area contributed by atoms with Crippen LogP contribution in [0.25, 0.3) is 0 Å². The van der Waals surface area contributed by atoms with Crippen LogP contribution in [0.5, 0.6) is 5.75 Å². The predicted molar refractivity (Wildman–Crippen MR) is 141 cm³/mol. The minimum absolute atomic E-state index is 0.0865. The number of hydrogen-bond acceptors (Lipinski definition) is 4. The summed E-state index contributed by atoms with van der Waals surface area (Å²) in [4.78, 5) is 13.0. The summed E-state index contributed by atoms with van der Waals surface area (Å²) >= 11 is 0. The number of para-hydroxylation sites is 1. The topological polar surface area (TPSA) is 87.7 Å². The van der Waals surface area contributed by atoms with Gasteiger partial charge in [0.2, 0.25) is 0 Å². The SMILES string of the molecule is COc1ccccc1C(=O)NCC1(Cc2ccccc2)CCN(S(=O)(=O)NCc2ccc(F)cc2)CC1. The highest BCUT2D eigenvalue weighted by molar-refractivity contribution is 7.87. The molecule has 3 aromatic carbocycles. The molecule has 196 valence electrons. The average molecular weight is 526 g/mol. The molecule has 0 atom stereocenters. The van der Waals surface area contributed by atoms with Gasteiger partial charge in [0, 0.05) is 26.2 Å². The van der Waals surface area contributed by atoms with Gasteiger partial charge < -0.3 is 10.1 Å². The van der Waals surface area contributed by atoms with Crippen LogP contribution in [-0.2, 0) is 23.2 Å². The van der Waals surface area contributed by atoms with E-state index in [9.17, 15) is 17.6 Å². The maximum absolute atomic E-state index is 13.1. The van der Waals surface area contributed by atoms with Gasteiger partial charge in [-0.1, -0.05) is 54.6 Å². The molecule has 0 radical (unpaired) electrons. The van der Waals surface area contributed by atoms with Crippen LogP contribution in [-0.4, -0.2) is 45.4 Å². The fourth-order valence-corrected chi connectivity index (χ4v) is 5.90. The van der Waals surface area contributed by atoms with Crippen molar-refractivity contribution in [2.24, 2.45) is 5.41 Å².